The SMILES string of the molecule is COc1cccc(C(=O)Nc2ccc(S(=O)(=O)C(CCn3nnc4ccccc4c3=O)C(=O)O)cc2)c1. The number of methoxy groups -OCH3 is 1. The average molecular weight is 523 g/mol. The Morgan fingerprint density at radius 1 is 1.05 bits per heavy atom. The van der Waals surface area contributed by atoms with Gasteiger partial charge in [-0.15, -0.1) is 5.10 Å². The number of sulfone groups is 1. The molecular formula is C25H22N4O7S. The molecule has 0 aliphatic carbocycles. The summed E-state index contributed by atoms with van der Waals surface area (Å²) in [6.07, 6.45) is -0.404. The highest BCUT2D eigenvalue weighted by molar-refractivity contribution is 7.92. The molecule has 37 heavy (non-hydrogen) atoms. The molecule has 0 bridgehead atoms. The highest BCUT2D eigenvalue weighted by Crippen LogP contribution is 2.22. The van der Waals surface area contributed by atoms with Crippen molar-refractivity contribution in [3.05, 3.63) is 88.7 Å². The fourth-order valence-corrected chi connectivity index (χ4v) is 5.21. The minimum absolute atomic E-state index is 0.240. The minimum atomic E-state index is -4.32. The van der Waals surface area contributed by atoms with Crippen LogP contribution in [0.3, 0.4) is 0 Å². The van der Waals surface area contributed by atoms with Crippen molar-refractivity contribution in [2.75, 3.05) is 12.4 Å². The molecule has 0 saturated heterocycles. The lowest BCUT2D eigenvalue weighted by molar-refractivity contribution is -0.136. The number of amides is 1. The van der Waals surface area contributed by atoms with E-state index in [1.165, 1.54) is 31.4 Å². The zero-order valence-corrected chi connectivity index (χ0v) is 20.4. The number of carboxylic acid groups (broad SMARTS) is 1. The molecule has 1 atom stereocenters. The molecule has 0 fully saturated rings. The number of nitrogens with one attached hydrogen (secondary N) is 1. The van der Waals surface area contributed by atoms with Crippen molar-refractivity contribution in [3.8, 4) is 5.75 Å². The van der Waals surface area contributed by atoms with Gasteiger partial charge >= 0.3 is 5.97 Å². The van der Waals surface area contributed by atoms with E-state index in [9.17, 15) is 27.9 Å². The van der Waals surface area contributed by atoms with Crippen molar-refractivity contribution in [3.63, 3.8) is 0 Å². The topological polar surface area (TPSA) is 158 Å². The normalized spacial score (nSPS) is 12.1. The predicted octanol–water partition coefficient (Wildman–Crippen LogP) is 2.37. The Bertz CT molecular complexity index is 1630. The third-order valence-electron chi connectivity index (χ3n) is 5.66. The maximum Gasteiger partial charge on any atom is 0.322 e. The Kier molecular flexibility index (Phi) is 7.30. The van der Waals surface area contributed by atoms with Gasteiger partial charge in [-0.05, 0) is 61.0 Å². The molecule has 1 aromatic heterocycles. The molecule has 12 heteroatoms. The molecule has 190 valence electrons. The number of hydrogen-bond acceptors (Lipinski definition) is 8. The largest absolute Gasteiger partial charge is 0.497 e. The van der Waals surface area contributed by atoms with Crippen molar-refractivity contribution < 1.29 is 27.9 Å². The third-order valence-corrected chi connectivity index (χ3v) is 7.77. The van der Waals surface area contributed by atoms with Crippen molar-refractivity contribution in [1.29, 1.82) is 0 Å². The lowest BCUT2D eigenvalue weighted by Gasteiger charge is -2.14. The molecule has 1 unspecified atom stereocenters. The summed E-state index contributed by atoms with van der Waals surface area (Å²) in [6, 6.07) is 18.2. The van der Waals surface area contributed by atoms with E-state index in [0.29, 0.717) is 27.9 Å². The van der Waals surface area contributed by atoms with Gasteiger partial charge in [0.25, 0.3) is 11.5 Å². The first-order chi connectivity index (χ1) is 17.7. The molecule has 4 rings (SSSR count). The summed E-state index contributed by atoms with van der Waals surface area (Å²) in [5.74, 6) is -1.48. The molecule has 0 aliphatic heterocycles. The molecule has 2 N–H and O–H groups in total. The van der Waals surface area contributed by atoms with E-state index in [-0.39, 0.29) is 11.4 Å². The maximum absolute atomic E-state index is 13.1. The standard InChI is InChI=1S/C25H22N4O7S/c1-36-18-6-4-5-16(15-18)23(30)26-17-9-11-19(12-10-17)37(34,35)22(25(32)33)13-14-29-24(31)20-7-2-3-8-21(20)27-28-29/h2-12,15,22H,13-14H2,1H3,(H,26,30)(H,32,33). The molecule has 3 aromatic carbocycles. The van der Waals surface area contributed by atoms with Crippen LogP contribution in [0, 0.1) is 0 Å². The first-order valence-corrected chi connectivity index (χ1v) is 12.6. The molecule has 0 radical (unpaired) electrons. The average Bonchev–Trinajstić information content (AvgIpc) is 2.90. The number of carboxylic acids is 1. The zero-order chi connectivity index (χ0) is 26.6. The molecule has 1 heterocycles. The Morgan fingerprint density at radius 3 is 2.49 bits per heavy atom. The number of aromatic nitrogens is 3. The minimum Gasteiger partial charge on any atom is -0.497 e. The van der Waals surface area contributed by atoms with E-state index in [4.69, 9.17) is 4.74 Å². The molecule has 0 saturated carbocycles. The van der Waals surface area contributed by atoms with Crippen LogP contribution in [-0.2, 0) is 21.2 Å². The van der Waals surface area contributed by atoms with Crippen LogP contribution < -0.4 is 15.6 Å². The van der Waals surface area contributed by atoms with Crippen LogP contribution in [0.15, 0.2) is 82.5 Å². The first kappa shape index (κ1) is 25.5. The van der Waals surface area contributed by atoms with Gasteiger partial charge in [0.1, 0.15) is 11.3 Å². The van der Waals surface area contributed by atoms with Gasteiger partial charge in [-0.1, -0.05) is 23.4 Å². The van der Waals surface area contributed by atoms with Crippen LogP contribution in [0.2, 0.25) is 0 Å². The maximum atomic E-state index is 13.1. The number of carbonyl (C=O) groups excluding carboxylic acids is 1. The number of benzene rings is 3. The van der Waals surface area contributed by atoms with Crippen LogP contribution >= 0.6 is 0 Å². The van der Waals surface area contributed by atoms with Gasteiger partial charge in [0, 0.05) is 17.8 Å². The van der Waals surface area contributed by atoms with Crippen molar-refractivity contribution in [2.45, 2.75) is 23.1 Å². The number of aryl methyl sites for hydroxylation is 1. The number of nitrogens with zero attached hydrogens (tertiary/aromatic N) is 3. The van der Waals surface area contributed by atoms with Gasteiger partial charge in [-0.2, -0.15) is 0 Å². The Hall–Kier alpha value is -4.58. The number of anilines is 1. The lowest BCUT2D eigenvalue weighted by atomic mass is 10.2. The molecule has 4 aromatic rings. The van der Waals surface area contributed by atoms with Gasteiger partial charge in [-0.3, -0.25) is 14.4 Å². The number of ether oxygens (including phenoxy) is 1. The molecular weight excluding hydrogens is 500 g/mol. The van der Waals surface area contributed by atoms with Crippen molar-refractivity contribution >= 4 is 38.3 Å². The summed E-state index contributed by atoms with van der Waals surface area (Å²) in [6.45, 7) is -0.262. The van der Waals surface area contributed by atoms with Gasteiger partial charge in [0.2, 0.25) is 0 Å². The second-order valence-electron chi connectivity index (χ2n) is 8.01. The molecule has 1 amide bonds. The number of fused-ring (bicyclic) bond motifs is 1. The van der Waals surface area contributed by atoms with Crippen LogP contribution in [0.25, 0.3) is 10.9 Å². The predicted molar refractivity (Wildman–Crippen MR) is 134 cm³/mol. The summed E-state index contributed by atoms with van der Waals surface area (Å²) in [5.41, 5.74) is 0.540. The second-order valence-corrected chi connectivity index (χ2v) is 10.1. The fourth-order valence-electron chi connectivity index (χ4n) is 3.68. The molecule has 0 spiro atoms. The number of hydrogen-bond donors (Lipinski definition) is 2. The Balaban J connectivity index is 1.50. The van der Waals surface area contributed by atoms with E-state index >= 15 is 0 Å². The van der Waals surface area contributed by atoms with E-state index < -0.39 is 38.9 Å². The van der Waals surface area contributed by atoms with E-state index in [2.05, 4.69) is 15.6 Å². The Labute approximate surface area is 211 Å². The van der Waals surface area contributed by atoms with Crippen LogP contribution in [-0.4, -0.2) is 52.8 Å². The van der Waals surface area contributed by atoms with E-state index in [0.717, 1.165) is 4.68 Å². The quantitative estimate of drug-likeness (QED) is 0.337. The molecule has 11 nitrogen and oxygen atoms in total. The number of rotatable bonds is 9. The second kappa shape index (κ2) is 10.6. The lowest BCUT2D eigenvalue weighted by Crippen LogP contribution is -2.34. The van der Waals surface area contributed by atoms with Gasteiger partial charge < -0.3 is 15.2 Å². The van der Waals surface area contributed by atoms with Crippen LogP contribution in [0.5, 0.6) is 5.75 Å². The summed E-state index contributed by atoms with van der Waals surface area (Å²) < 4.78 is 32.3. The van der Waals surface area contributed by atoms with Crippen LogP contribution in [0.4, 0.5) is 5.69 Å². The van der Waals surface area contributed by atoms with Crippen LogP contribution in [0.1, 0.15) is 16.8 Å². The smallest absolute Gasteiger partial charge is 0.322 e. The Morgan fingerprint density at radius 2 is 1.78 bits per heavy atom. The number of aliphatic carboxylic acids is 1. The van der Waals surface area contributed by atoms with Gasteiger partial charge in [0.05, 0.1) is 17.4 Å². The van der Waals surface area contributed by atoms with E-state index in [1.54, 1.807) is 48.5 Å². The summed E-state index contributed by atoms with van der Waals surface area (Å²) >= 11 is 0. The fraction of sp³-hybridized carbons (Fsp3) is 0.160. The first-order valence-electron chi connectivity index (χ1n) is 11.1. The highest BCUT2D eigenvalue weighted by Gasteiger charge is 2.34. The monoisotopic (exact) mass is 522 g/mol. The summed E-state index contributed by atoms with van der Waals surface area (Å²) in [5, 5.41) is 18.5. The highest BCUT2D eigenvalue weighted by atomic mass is 32.2. The third kappa shape index (κ3) is 5.48. The van der Waals surface area contributed by atoms with Gasteiger partial charge in [-0.25, -0.2) is 13.1 Å². The summed E-state index contributed by atoms with van der Waals surface area (Å²) in [7, 11) is -2.84. The number of carbonyl (C=O) groups is 2. The van der Waals surface area contributed by atoms with E-state index in [1.807, 2.05) is 0 Å². The van der Waals surface area contributed by atoms with Gasteiger partial charge in [0.15, 0.2) is 15.1 Å². The van der Waals surface area contributed by atoms with Crippen molar-refractivity contribution in [1.82, 2.24) is 15.0 Å². The molecule has 0 aliphatic rings. The zero-order valence-electron chi connectivity index (χ0n) is 19.6. The summed E-state index contributed by atoms with van der Waals surface area (Å²) in [4.78, 5) is 36.8. The van der Waals surface area contributed by atoms with Crippen molar-refractivity contribution in [2.24, 2.45) is 0 Å².